The zero-order valence-corrected chi connectivity index (χ0v) is 12.5. The molecule has 0 atom stereocenters. The largest absolute Gasteiger partial charge is 0.346 e. The molecule has 3 aromatic heterocycles. The predicted octanol–water partition coefficient (Wildman–Crippen LogP) is 1.07. The van der Waals surface area contributed by atoms with Gasteiger partial charge >= 0.3 is 0 Å². The summed E-state index contributed by atoms with van der Waals surface area (Å²) in [6.07, 6.45) is 6.78. The summed E-state index contributed by atoms with van der Waals surface area (Å²) in [6.45, 7) is 3.05. The molecular formula is C16H16N6O. The van der Waals surface area contributed by atoms with Gasteiger partial charge in [-0.15, -0.1) is 0 Å². The van der Waals surface area contributed by atoms with Crippen LogP contribution in [0.4, 0.5) is 0 Å². The third kappa shape index (κ3) is 2.55. The fourth-order valence-electron chi connectivity index (χ4n) is 2.79. The number of H-pyrrole nitrogens is 1. The molecule has 7 nitrogen and oxygen atoms in total. The Hall–Kier alpha value is -2.80. The van der Waals surface area contributed by atoms with Crippen LogP contribution < -0.4 is 5.32 Å². The molecule has 0 bridgehead atoms. The molecule has 0 unspecified atom stereocenters. The average Bonchev–Trinajstić information content (AvgIpc) is 3.11. The Kier molecular flexibility index (Phi) is 3.47. The Morgan fingerprint density at radius 1 is 1.09 bits per heavy atom. The Labute approximate surface area is 132 Å². The third-order valence-electron chi connectivity index (χ3n) is 4.01. The highest BCUT2D eigenvalue weighted by Gasteiger charge is 2.19. The highest BCUT2D eigenvalue weighted by molar-refractivity contribution is 5.93. The minimum atomic E-state index is -0.0629. The van der Waals surface area contributed by atoms with Crippen LogP contribution in [0.15, 0.2) is 36.9 Å². The van der Waals surface area contributed by atoms with Crippen molar-refractivity contribution in [3.63, 3.8) is 0 Å². The van der Waals surface area contributed by atoms with E-state index in [9.17, 15) is 4.79 Å². The van der Waals surface area contributed by atoms with Gasteiger partial charge in [0.1, 0.15) is 11.3 Å². The van der Waals surface area contributed by atoms with Gasteiger partial charge in [0.25, 0.3) is 5.91 Å². The monoisotopic (exact) mass is 308 g/mol. The first-order chi connectivity index (χ1) is 11.3. The third-order valence-corrected chi connectivity index (χ3v) is 4.01. The number of piperazine rings is 1. The summed E-state index contributed by atoms with van der Waals surface area (Å²) >= 11 is 0. The summed E-state index contributed by atoms with van der Waals surface area (Å²) in [5, 5.41) is 4.22. The lowest BCUT2D eigenvalue weighted by Crippen LogP contribution is -2.46. The highest BCUT2D eigenvalue weighted by Crippen LogP contribution is 2.24. The maximum absolute atomic E-state index is 12.4. The fourth-order valence-corrected chi connectivity index (χ4v) is 2.79. The number of nitrogens with zero attached hydrogens (tertiary/aromatic N) is 4. The van der Waals surface area contributed by atoms with Crippen molar-refractivity contribution in [2.45, 2.75) is 0 Å². The number of amides is 1. The zero-order valence-electron chi connectivity index (χ0n) is 12.5. The molecule has 1 aliphatic heterocycles. The number of carbonyl (C=O) groups is 1. The molecule has 1 aliphatic rings. The molecule has 0 spiro atoms. The molecule has 2 N–H and O–H groups in total. The molecule has 0 saturated carbocycles. The van der Waals surface area contributed by atoms with Crippen molar-refractivity contribution < 1.29 is 4.79 Å². The van der Waals surface area contributed by atoms with Gasteiger partial charge < -0.3 is 15.2 Å². The Morgan fingerprint density at radius 3 is 2.74 bits per heavy atom. The molecule has 0 aromatic carbocycles. The summed E-state index contributed by atoms with van der Waals surface area (Å²) in [6, 6.07) is 3.86. The van der Waals surface area contributed by atoms with Crippen LogP contribution in [0.1, 0.15) is 10.5 Å². The molecule has 0 aliphatic carbocycles. The fraction of sp³-hybridized carbons (Fsp3) is 0.250. The first kappa shape index (κ1) is 13.8. The quantitative estimate of drug-likeness (QED) is 0.739. The minimum Gasteiger partial charge on any atom is -0.346 e. The summed E-state index contributed by atoms with van der Waals surface area (Å²) in [5.41, 5.74) is 2.87. The van der Waals surface area contributed by atoms with Crippen LogP contribution in [0.3, 0.4) is 0 Å². The summed E-state index contributed by atoms with van der Waals surface area (Å²) in [5.74, 6) is -0.0629. The van der Waals surface area contributed by atoms with Crippen LogP contribution in [0, 0.1) is 0 Å². The van der Waals surface area contributed by atoms with Crippen molar-refractivity contribution in [2.24, 2.45) is 0 Å². The van der Waals surface area contributed by atoms with E-state index in [1.165, 1.54) is 0 Å². The van der Waals surface area contributed by atoms with Gasteiger partial charge in [0, 0.05) is 49.5 Å². The molecule has 7 heteroatoms. The summed E-state index contributed by atoms with van der Waals surface area (Å²) in [7, 11) is 0. The molecule has 1 amide bonds. The number of rotatable bonds is 2. The van der Waals surface area contributed by atoms with Crippen LogP contribution in [0.2, 0.25) is 0 Å². The Bertz CT molecular complexity index is 835. The molecule has 1 fully saturated rings. The number of aromatic amines is 1. The van der Waals surface area contributed by atoms with Crippen molar-refractivity contribution in [1.82, 2.24) is 30.2 Å². The van der Waals surface area contributed by atoms with Crippen molar-refractivity contribution >= 4 is 16.9 Å². The number of hydrogen-bond donors (Lipinski definition) is 2. The number of pyridine rings is 1. The lowest BCUT2D eigenvalue weighted by Gasteiger charge is -2.26. The van der Waals surface area contributed by atoms with E-state index in [0.717, 1.165) is 35.4 Å². The second-order valence-corrected chi connectivity index (χ2v) is 5.43. The Balaban J connectivity index is 1.63. The van der Waals surface area contributed by atoms with E-state index in [1.54, 1.807) is 23.5 Å². The van der Waals surface area contributed by atoms with Gasteiger partial charge in [0.15, 0.2) is 0 Å². The van der Waals surface area contributed by atoms with Gasteiger partial charge in [-0.1, -0.05) is 0 Å². The average molecular weight is 308 g/mol. The highest BCUT2D eigenvalue weighted by atomic mass is 16.2. The standard InChI is InChI=1S/C16H16N6O/c23-16(22-7-5-17-6-8-22)14-10-20-13(9-21-14)11-1-3-18-15-12(11)2-4-19-15/h1-4,9-10,17H,5-8H2,(H,18,19). The minimum absolute atomic E-state index is 0.0629. The molecule has 3 aromatic rings. The van der Waals surface area contributed by atoms with Crippen LogP contribution in [0.25, 0.3) is 22.3 Å². The molecule has 116 valence electrons. The van der Waals surface area contributed by atoms with E-state index in [0.29, 0.717) is 18.8 Å². The molecule has 23 heavy (non-hydrogen) atoms. The van der Waals surface area contributed by atoms with Gasteiger partial charge in [-0.05, 0) is 12.1 Å². The van der Waals surface area contributed by atoms with E-state index < -0.39 is 0 Å². The van der Waals surface area contributed by atoms with Crippen molar-refractivity contribution in [2.75, 3.05) is 26.2 Å². The lowest BCUT2D eigenvalue weighted by atomic mass is 10.1. The summed E-state index contributed by atoms with van der Waals surface area (Å²) in [4.78, 5) is 30.3. The Morgan fingerprint density at radius 2 is 1.96 bits per heavy atom. The number of nitrogens with one attached hydrogen (secondary N) is 2. The number of fused-ring (bicyclic) bond motifs is 1. The molecule has 4 rings (SSSR count). The van der Waals surface area contributed by atoms with E-state index >= 15 is 0 Å². The van der Waals surface area contributed by atoms with Gasteiger partial charge in [-0.3, -0.25) is 9.78 Å². The van der Waals surface area contributed by atoms with E-state index in [2.05, 4.69) is 25.3 Å². The van der Waals surface area contributed by atoms with Crippen LogP contribution in [0.5, 0.6) is 0 Å². The van der Waals surface area contributed by atoms with Gasteiger partial charge in [-0.2, -0.15) is 0 Å². The maximum Gasteiger partial charge on any atom is 0.274 e. The van der Waals surface area contributed by atoms with Crippen molar-refractivity contribution in [3.8, 4) is 11.3 Å². The zero-order chi connectivity index (χ0) is 15.6. The second kappa shape index (κ2) is 5.77. The number of aromatic nitrogens is 4. The molecule has 0 radical (unpaired) electrons. The van der Waals surface area contributed by atoms with E-state index in [4.69, 9.17) is 0 Å². The van der Waals surface area contributed by atoms with Crippen molar-refractivity contribution in [1.29, 1.82) is 0 Å². The molecule has 1 saturated heterocycles. The lowest BCUT2D eigenvalue weighted by molar-refractivity contribution is 0.0729. The smallest absolute Gasteiger partial charge is 0.274 e. The van der Waals surface area contributed by atoms with Crippen LogP contribution in [-0.2, 0) is 0 Å². The first-order valence-electron chi connectivity index (χ1n) is 7.57. The predicted molar refractivity (Wildman–Crippen MR) is 85.9 cm³/mol. The van der Waals surface area contributed by atoms with Gasteiger partial charge in [0.05, 0.1) is 18.1 Å². The van der Waals surface area contributed by atoms with Crippen LogP contribution in [-0.4, -0.2) is 56.9 Å². The SMILES string of the molecule is O=C(c1cnc(-c2ccnc3[nH]ccc23)cn1)N1CCNCC1. The normalized spacial score (nSPS) is 15.0. The van der Waals surface area contributed by atoms with Gasteiger partial charge in [-0.25, -0.2) is 9.97 Å². The van der Waals surface area contributed by atoms with E-state index in [-0.39, 0.29) is 5.91 Å². The van der Waals surface area contributed by atoms with Crippen molar-refractivity contribution in [3.05, 3.63) is 42.6 Å². The molecular weight excluding hydrogens is 292 g/mol. The van der Waals surface area contributed by atoms with Gasteiger partial charge in [0.2, 0.25) is 0 Å². The topological polar surface area (TPSA) is 86.8 Å². The number of hydrogen-bond acceptors (Lipinski definition) is 5. The van der Waals surface area contributed by atoms with Crippen LogP contribution >= 0.6 is 0 Å². The maximum atomic E-state index is 12.4. The summed E-state index contributed by atoms with van der Waals surface area (Å²) < 4.78 is 0. The number of carbonyl (C=O) groups excluding carboxylic acids is 1. The second-order valence-electron chi connectivity index (χ2n) is 5.43. The molecule has 4 heterocycles. The van der Waals surface area contributed by atoms with E-state index in [1.807, 2.05) is 18.3 Å². The first-order valence-corrected chi connectivity index (χ1v) is 7.57.